The van der Waals surface area contributed by atoms with E-state index in [2.05, 4.69) is 5.32 Å². The molecule has 3 unspecified atom stereocenters. The Labute approximate surface area is 105 Å². The molecule has 2 heterocycles. The van der Waals surface area contributed by atoms with Crippen LogP contribution in [0.15, 0.2) is 30.3 Å². The summed E-state index contributed by atoms with van der Waals surface area (Å²) in [5, 5.41) is 12.3. The van der Waals surface area contributed by atoms with Crippen LogP contribution in [0.3, 0.4) is 0 Å². The van der Waals surface area contributed by atoms with Gasteiger partial charge in [-0.25, -0.2) is 0 Å². The molecule has 2 fully saturated rings. The summed E-state index contributed by atoms with van der Waals surface area (Å²) >= 11 is 0. The van der Waals surface area contributed by atoms with Gasteiger partial charge in [0.15, 0.2) is 6.29 Å². The van der Waals surface area contributed by atoms with Crippen LogP contribution in [0.5, 0.6) is 0 Å². The summed E-state index contributed by atoms with van der Waals surface area (Å²) in [4.78, 5) is 11.8. The molecular weight excluding hydrogens is 234 g/mol. The lowest BCUT2D eigenvalue weighted by Gasteiger charge is -2.10. The highest BCUT2D eigenvalue weighted by molar-refractivity contribution is 5.76. The molecule has 1 aromatic carbocycles. The number of esters is 1. The summed E-state index contributed by atoms with van der Waals surface area (Å²) in [6.07, 6.45) is -0.265. The van der Waals surface area contributed by atoms with Crippen molar-refractivity contribution < 1.29 is 19.4 Å². The standard InChI is InChI=1S/C13H15NO4/c15-11(17-7-9-4-2-1-3-5-9)10-6-13(8-14-10)12(16)18-13/h1-5,10,12,14,16H,6-8H2. The maximum Gasteiger partial charge on any atom is 0.323 e. The quantitative estimate of drug-likeness (QED) is 0.590. The maximum absolute atomic E-state index is 11.8. The summed E-state index contributed by atoms with van der Waals surface area (Å²) < 4.78 is 10.3. The summed E-state index contributed by atoms with van der Waals surface area (Å²) in [6, 6.07) is 9.15. The van der Waals surface area contributed by atoms with Gasteiger partial charge in [-0.15, -0.1) is 0 Å². The fourth-order valence-corrected chi connectivity index (χ4v) is 2.25. The first-order valence-corrected chi connectivity index (χ1v) is 5.99. The second-order valence-electron chi connectivity index (χ2n) is 4.77. The molecule has 0 saturated carbocycles. The minimum absolute atomic E-state index is 0.272. The number of hydrogen-bond acceptors (Lipinski definition) is 5. The monoisotopic (exact) mass is 249 g/mol. The summed E-state index contributed by atoms with van der Waals surface area (Å²) in [7, 11) is 0. The van der Waals surface area contributed by atoms with Crippen LogP contribution in [0, 0.1) is 0 Å². The van der Waals surface area contributed by atoms with Gasteiger partial charge in [-0.2, -0.15) is 0 Å². The second-order valence-corrected chi connectivity index (χ2v) is 4.77. The van der Waals surface area contributed by atoms with Gasteiger partial charge < -0.3 is 19.9 Å². The molecule has 0 radical (unpaired) electrons. The van der Waals surface area contributed by atoms with Crippen molar-refractivity contribution in [2.75, 3.05) is 6.54 Å². The zero-order valence-corrected chi connectivity index (χ0v) is 9.83. The van der Waals surface area contributed by atoms with Gasteiger partial charge in [-0.1, -0.05) is 30.3 Å². The number of carbonyl (C=O) groups is 1. The van der Waals surface area contributed by atoms with Gasteiger partial charge in [0.1, 0.15) is 18.2 Å². The Morgan fingerprint density at radius 3 is 2.83 bits per heavy atom. The SMILES string of the molecule is O=C(OCc1ccccc1)C1CC2(CN1)OC2O. The Morgan fingerprint density at radius 1 is 1.50 bits per heavy atom. The highest BCUT2D eigenvalue weighted by atomic mass is 16.7. The molecule has 0 aliphatic carbocycles. The minimum atomic E-state index is -0.739. The first-order chi connectivity index (χ1) is 8.70. The van der Waals surface area contributed by atoms with Gasteiger partial charge in [0.25, 0.3) is 0 Å². The first kappa shape index (κ1) is 11.6. The number of aliphatic hydroxyl groups is 1. The average molecular weight is 249 g/mol. The van der Waals surface area contributed by atoms with E-state index in [1.54, 1.807) is 0 Å². The Balaban J connectivity index is 1.51. The number of nitrogens with one attached hydrogen (secondary N) is 1. The molecular formula is C13H15NO4. The molecule has 1 aromatic rings. The van der Waals surface area contributed by atoms with Crippen LogP contribution in [0.25, 0.3) is 0 Å². The first-order valence-electron chi connectivity index (χ1n) is 5.99. The number of carbonyl (C=O) groups excluding carboxylic acids is 1. The van der Waals surface area contributed by atoms with Crippen molar-refractivity contribution in [3.63, 3.8) is 0 Å². The Kier molecular flexibility index (Phi) is 2.81. The smallest absolute Gasteiger partial charge is 0.323 e. The Bertz CT molecular complexity index is 450. The predicted molar refractivity (Wildman–Crippen MR) is 62.5 cm³/mol. The zero-order valence-electron chi connectivity index (χ0n) is 9.83. The lowest BCUT2D eigenvalue weighted by Crippen LogP contribution is -2.32. The summed E-state index contributed by atoms with van der Waals surface area (Å²) in [5.41, 5.74) is 0.414. The third kappa shape index (κ3) is 2.12. The number of benzene rings is 1. The molecule has 3 atom stereocenters. The largest absolute Gasteiger partial charge is 0.460 e. The van der Waals surface area contributed by atoms with Crippen molar-refractivity contribution >= 4 is 5.97 Å². The predicted octanol–water partition coefficient (Wildman–Crippen LogP) is 0.179. The van der Waals surface area contributed by atoms with Crippen molar-refractivity contribution in [3.05, 3.63) is 35.9 Å². The fraction of sp³-hybridized carbons (Fsp3) is 0.462. The van der Waals surface area contributed by atoms with E-state index in [0.29, 0.717) is 13.0 Å². The van der Waals surface area contributed by atoms with E-state index >= 15 is 0 Å². The summed E-state index contributed by atoms with van der Waals surface area (Å²) in [5.74, 6) is -0.293. The minimum Gasteiger partial charge on any atom is -0.460 e. The topological polar surface area (TPSA) is 71.1 Å². The van der Waals surface area contributed by atoms with E-state index in [1.165, 1.54) is 0 Å². The van der Waals surface area contributed by atoms with E-state index in [-0.39, 0.29) is 18.6 Å². The average Bonchev–Trinajstić information content (AvgIpc) is 2.83. The van der Waals surface area contributed by atoms with Crippen LogP contribution < -0.4 is 5.32 Å². The number of hydrogen-bond donors (Lipinski definition) is 2. The molecule has 0 aromatic heterocycles. The second kappa shape index (κ2) is 4.35. The molecule has 2 aliphatic heterocycles. The van der Waals surface area contributed by atoms with Gasteiger partial charge in [0.05, 0.1) is 0 Å². The highest BCUT2D eigenvalue weighted by Gasteiger charge is 2.61. The van der Waals surface area contributed by atoms with Crippen molar-refractivity contribution in [3.8, 4) is 0 Å². The maximum atomic E-state index is 11.8. The number of epoxide rings is 1. The molecule has 5 nitrogen and oxygen atoms in total. The molecule has 2 aliphatic rings. The molecule has 3 rings (SSSR count). The van der Waals surface area contributed by atoms with Gasteiger partial charge in [0.2, 0.25) is 0 Å². The molecule has 0 amide bonds. The highest BCUT2D eigenvalue weighted by Crippen LogP contribution is 2.41. The molecule has 1 spiro atoms. The third-order valence-electron chi connectivity index (χ3n) is 3.44. The van der Waals surface area contributed by atoms with Crippen LogP contribution in [0.4, 0.5) is 0 Å². The molecule has 2 N–H and O–H groups in total. The van der Waals surface area contributed by atoms with Crippen molar-refractivity contribution in [2.24, 2.45) is 0 Å². The van der Waals surface area contributed by atoms with Crippen LogP contribution in [-0.2, 0) is 20.9 Å². The van der Waals surface area contributed by atoms with Crippen LogP contribution in [0.2, 0.25) is 0 Å². The van der Waals surface area contributed by atoms with Crippen molar-refractivity contribution in [1.29, 1.82) is 0 Å². The van der Waals surface area contributed by atoms with Gasteiger partial charge in [-0.3, -0.25) is 4.79 Å². The van der Waals surface area contributed by atoms with E-state index in [0.717, 1.165) is 5.56 Å². The Hall–Kier alpha value is -1.43. The fourth-order valence-electron chi connectivity index (χ4n) is 2.25. The van der Waals surface area contributed by atoms with E-state index in [4.69, 9.17) is 9.47 Å². The number of rotatable bonds is 3. The van der Waals surface area contributed by atoms with Crippen LogP contribution in [-0.4, -0.2) is 35.6 Å². The lowest BCUT2D eigenvalue weighted by molar-refractivity contribution is -0.147. The Morgan fingerprint density at radius 2 is 2.22 bits per heavy atom. The summed E-state index contributed by atoms with van der Waals surface area (Å²) in [6.45, 7) is 0.771. The van der Waals surface area contributed by atoms with Gasteiger partial charge in [0, 0.05) is 13.0 Å². The van der Waals surface area contributed by atoms with Crippen molar-refractivity contribution in [1.82, 2.24) is 5.32 Å². The van der Waals surface area contributed by atoms with Crippen molar-refractivity contribution in [2.45, 2.75) is 31.0 Å². The van der Waals surface area contributed by atoms with E-state index in [9.17, 15) is 9.90 Å². The lowest BCUT2D eigenvalue weighted by atomic mass is 10.1. The molecule has 5 heteroatoms. The molecule has 96 valence electrons. The molecule has 2 saturated heterocycles. The van der Waals surface area contributed by atoms with Gasteiger partial charge in [-0.05, 0) is 5.56 Å². The van der Waals surface area contributed by atoms with Crippen LogP contribution >= 0.6 is 0 Å². The number of aliphatic hydroxyl groups excluding tert-OH is 1. The number of ether oxygens (including phenoxy) is 2. The third-order valence-corrected chi connectivity index (χ3v) is 3.44. The zero-order chi connectivity index (χ0) is 12.6. The molecule has 0 bridgehead atoms. The van der Waals surface area contributed by atoms with Gasteiger partial charge >= 0.3 is 5.97 Å². The van der Waals surface area contributed by atoms with Crippen LogP contribution in [0.1, 0.15) is 12.0 Å². The van der Waals surface area contributed by atoms with E-state index < -0.39 is 11.9 Å². The van der Waals surface area contributed by atoms with E-state index in [1.807, 2.05) is 30.3 Å². The normalized spacial score (nSPS) is 33.6. The molecule has 18 heavy (non-hydrogen) atoms.